The van der Waals surface area contributed by atoms with Gasteiger partial charge < -0.3 is 5.32 Å². The second-order valence-corrected chi connectivity index (χ2v) is 8.21. The lowest BCUT2D eigenvalue weighted by Crippen LogP contribution is -2.41. The highest BCUT2D eigenvalue weighted by atomic mass is 14.9. The Labute approximate surface area is 117 Å². The Bertz CT molecular complexity index is 400. The summed E-state index contributed by atoms with van der Waals surface area (Å²) in [6.07, 6.45) is 15.7. The minimum atomic E-state index is 0.896. The SMILES string of the molecule is C1=CC2CC1CC2CNC1CC2CC1C1CCCC21. The molecular weight excluding hydrogens is 230 g/mol. The summed E-state index contributed by atoms with van der Waals surface area (Å²) in [5.74, 6) is 7.27. The molecule has 0 spiro atoms. The summed E-state index contributed by atoms with van der Waals surface area (Å²) < 4.78 is 0. The van der Waals surface area contributed by atoms with Crippen LogP contribution in [0.25, 0.3) is 0 Å². The highest BCUT2D eigenvalue weighted by Crippen LogP contribution is 2.58. The van der Waals surface area contributed by atoms with Crippen LogP contribution in [0.3, 0.4) is 0 Å². The van der Waals surface area contributed by atoms with Crippen LogP contribution < -0.4 is 5.32 Å². The highest BCUT2D eigenvalue weighted by Gasteiger charge is 2.53. The second-order valence-electron chi connectivity index (χ2n) is 8.21. The van der Waals surface area contributed by atoms with Crippen LogP contribution in [-0.2, 0) is 0 Å². The zero-order chi connectivity index (χ0) is 12.4. The maximum absolute atomic E-state index is 4.02. The fourth-order valence-corrected chi connectivity index (χ4v) is 6.73. The van der Waals surface area contributed by atoms with Crippen molar-refractivity contribution in [3.8, 4) is 0 Å². The van der Waals surface area contributed by atoms with Crippen LogP contribution in [0.4, 0.5) is 0 Å². The van der Waals surface area contributed by atoms with Gasteiger partial charge in [0.15, 0.2) is 0 Å². The van der Waals surface area contributed by atoms with Gasteiger partial charge in [-0.25, -0.2) is 0 Å². The molecule has 8 atom stereocenters. The lowest BCUT2D eigenvalue weighted by atomic mass is 9.79. The van der Waals surface area contributed by atoms with Crippen molar-refractivity contribution in [1.82, 2.24) is 5.32 Å². The van der Waals surface area contributed by atoms with Crippen LogP contribution in [-0.4, -0.2) is 12.6 Å². The first-order chi connectivity index (χ1) is 9.38. The van der Waals surface area contributed by atoms with E-state index in [1.807, 2.05) is 0 Å². The van der Waals surface area contributed by atoms with Gasteiger partial charge in [-0.2, -0.15) is 0 Å². The summed E-state index contributed by atoms with van der Waals surface area (Å²) in [5, 5.41) is 4.02. The molecule has 0 heterocycles. The number of nitrogens with one attached hydrogen (secondary N) is 1. The monoisotopic (exact) mass is 257 g/mol. The lowest BCUT2D eigenvalue weighted by Gasteiger charge is -2.33. The van der Waals surface area contributed by atoms with E-state index in [0.29, 0.717) is 0 Å². The molecule has 0 aromatic carbocycles. The molecule has 1 heteroatoms. The molecular formula is C18H27N. The van der Waals surface area contributed by atoms with Gasteiger partial charge in [0.25, 0.3) is 0 Å². The van der Waals surface area contributed by atoms with Gasteiger partial charge >= 0.3 is 0 Å². The molecule has 19 heavy (non-hydrogen) atoms. The van der Waals surface area contributed by atoms with Gasteiger partial charge in [-0.3, -0.25) is 0 Å². The maximum Gasteiger partial charge on any atom is 0.0101 e. The van der Waals surface area contributed by atoms with Crippen LogP contribution in [0.15, 0.2) is 12.2 Å². The number of hydrogen-bond donors (Lipinski definition) is 1. The van der Waals surface area contributed by atoms with E-state index in [-0.39, 0.29) is 0 Å². The minimum Gasteiger partial charge on any atom is -0.313 e. The molecule has 1 N–H and O–H groups in total. The van der Waals surface area contributed by atoms with E-state index in [9.17, 15) is 0 Å². The Morgan fingerprint density at radius 1 is 0.895 bits per heavy atom. The van der Waals surface area contributed by atoms with Crippen molar-refractivity contribution in [2.24, 2.45) is 41.4 Å². The molecule has 0 radical (unpaired) electrons. The van der Waals surface area contributed by atoms with Gasteiger partial charge in [-0.05, 0) is 86.5 Å². The third kappa shape index (κ3) is 1.63. The molecule has 8 unspecified atom stereocenters. The lowest BCUT2D eigenvalue weighted by molar-refractivity contribution is 0.201. The molecule has 5 aliphatic carbocycles. The molecule has 0 aromatic rings. The Hall–Kier alpha value is -0.300. The summed E-state index contributed by atoms with van der Waals surface area (Å²) in [6.45, 7) is 1.32. The summed E-state index contributed by atoms with van der Waals surface area (Å²) in [4.78, 5) is 0. The van der Waals surface area contributed by atoms with Gasteiger partial charge in [-0.1, -0.05) is 18.6 Å². The minimum absolute atomic E-state index is 0.896. The van der Waals surface area contributed by atoms with Crippen LogP contribution in [0.2, 0.25) is 0 Å². The topological polar surface area (TPSA) is 12.0 Å². The average molecular weight is 257 g/mol. The highest BCUT2D eigenvalue weighted by molar-refractivity contribution is 5.11. The molecule has 0 saturated heterocycles. The normalized spacial score (nSPS) is 57.3. The van der Waals surface area contributed by atoms with E-state index < -0.39 is 0 Å². The fourth-order valence-electron chi connectivity index (χ4n) is 6.73. The predicted octanol–water partition coefficient (Wildman–Crippen LogP) is 3.61. The molecule has 104 valence electrons. The largest absolute Gasteiger partial charge is 0.313 e. The van der Waals surface area contributed by atoms with Gasteiger partial charge in [0.1, 0.15) is 0 Å². The standard InChI is InChI=1S/C18H27N/c1-2-15-13-8-17(16(15)3-1)18(9-13)19-10-14-7-11-4-5-12(14)6-11/h4-5,11-19H,1-3,6-10H2. The quantitative estimate of drug-likeness (QED) is 0.762. The number of hydrogen-bond acceptors (Lipinski definition) is 1. The van der Waals surface area contributed by atoms with E-state index in [1.54, 1.807) is 19.3 Å². The Morgan fingerprint density at radius 3 is 2.68 bits per heavy atom. The van der Waals surface area contributed by atoms with E-state index in [1.165, 1.54) is 32.2 Å². The van der Waals surface area contributed by atoms with Crippen LogP contribution in [0.5, 0.6) is 0 Å². The average Bonchev–Trinajstić information content (AvgIpc) is 3.16. The van der Waals surface area contributed by atoms with Crippen molar-refractivity contribution < 1.29 is 0 Å². The molecule has 4 fully saturated rings. The van der Waals surface area contributed by atoms with Gasteiger partial charge in [0.2, 0.25) is 0 Å². The van der Waals surface area contributed by atoms with Crippen molar-refractivity contribution in [3.05, 3.63) is 12.2 Å². The van der Waals surface area contributed by atoms with Crippen LogP contribution in [0.1, 0.15) is 44.9 Å². The first-order valence-electron chi connectivity index (χ1n) is 8.80. The summed E-state index contributed by atoms with van der Waals surface area (Å²) in [5.41, 5.74) is 0. The summed E-state index contributed by atoms with van der Waals surface area (Å²) in [7, 11) is 0. The van der Waals surface area contributed by atoms with Gasteiger partial charge in [-0.15, -0.1) is 0 Å². The third-order valence-electron chi connectivity index (χ3n) is 7.49. The zero-order valence-electron chi connectivity index (χ0n) is 11.9. The molecule has 4 saturated carbocycles. The van der Waals surface area contributed by atoms with Crippen molar-refractivity contribution in [2.75, 3.05) is 6.54 Å². The molecule has 5 aliphatic rings. The molecule has 0 aromatic heterocycles. The Balaban J connectivity index is 1.21. The second kappa shape index (κ2) is 4.10. The fraction of sp³-hybridized carbons (Fsp3) is 0.889. The Morgan fingerprint density at radius 2 is 1.84 bits per heavy atom. The van der Waals surface area contributed by atoms with Gasteiger partial charge in [0.05, 0.1) is 0 Å². The molecule has 0 amide bonds. The molecule has 0 aliphatic heterocycles. The predicted molar refractivity (Wildman–Crippen MR) is 77.7 cm³/mol. The van der Waals surface area contributed by atoms with Gasteiger partial charge in [0, 0.05) is 6.04 Å². The summed E-state index contributed by atoms with van der Waals surface area (Å²) in [6, 6.07) is 0.896. The van der Waals surface area contributed by atoms with Crippen LogP contribution >= 0.6 is 0 Å². The Kier molecular flexibility index (Phi) is 2.45. The van der Waals surface area contributed by atoms with E-state index in [0.717, 1.165) is 47.5 Å². The third-order valence-corrected chi connectivity index (χ3v) is 7.49. The number of rotatable bonds is 3. The van der Waals surface area contributed by atoms with Crippen LogP contribution in [0, 0.1) is 41.4 Å². The van der Waals surface area contributed by atoms with E-state index in [2.05, 4.69) is 17.5 Å². The molecule has 4 bridgehead atoms. The molecule has 5 rings (SSSR count). The summed E-state index contributed by atoms with van der Waals surface area (Å²) >= 11 is 0. The van der Waals surface area contributed by atoms with E-state index >= 15 is 0 Å². The first kappa shape index (κ1) is 11.4. The smallest absolute Gasteiger partial charge is 0.0101 e. The molecule has 1 nitrogen and oxygen atoms in total. The van der Waals surface area contributed by atoms with Crippen molar-refractivity contribution >= 4 is 0 Å². The number of allylic oxidation sites excluding steroid dienone is 2. The zero-order valence-corrected chi connectivity index (χ0v) is 11.9. The van der Waals surface area contributed by atoms with Crippen molar-refractivity contribution in [2.45, 2.75) is 51.0 Å². The van der Waals surface area contributed by atoms with Crippen molar-refractivity contribution in [3.63, 3.8) is 0 Å². The number of fused-ring (bicyclic) bond motifs is 7. The first-order valence-corrected chi connectivity index (χ1v) is 8.80. The van der Waals surface area contributed by atoms with E-state index in [4.69, 9.17) is 0 Å². The van der Waals surface area contributed by atoms with Crippen molar-refractivity contribution in [1.29, 1.82) is 0 Å². The maximum atomic E-state index is 4.02.